The Labute approximate surface area is 76.1 Å². The van der Waals surface area contributed by atoms with E-state index >= 15 is 0 Å². The van der Waals surface area contributed by atoms with Crippen molar-refractivity contribution >= 4 is 38.5 Å². The van der Waals surface area contributed by atoms with Crippen molar-refractivity contribution in [3.8, 4) is 0 Å². The summed E-state index contributed by atoms with van der Waals surface area (Å²) in [5.41, 5.74) is 1.22. The van der Waals surface area contributed by atoms with Gasteiger partial charge >= 0.3 is 0 Å². The third-order valence-corrected chi connectivity index (χ3v) is 2.23. The fourth-order valence-electron chi connectivity index (χ4n) is 0.485. The van der Waals surface area contributed by atoms with E-state index in [1.165, 1.54) is 5.56 Å². The van der Waals surface area contributed by atoms with Gasteiger partial charge in [0, 0.05) is 11.5 Å². The van der Waals surface area contributed by atoms with Gasteiger partial charge in [-0.15, -0.1) is 0 Å². The molecule has 0 atom stereocenters. The van der Waals surface area contributed by atoms with Gasteiger partial charge in [-0.25, -0.2) is 0 Å². The van der Waals surface area contributed by atoms with Crippen molar-refractivity contribution in [1.82, 2.24) is 4.98 Å². The van der Waals surface area contributed by atoms with Crippen molar-refractivity contribution in [1.29, 1.82) is 0 Å². The van der Waals surface area contributed by atoms with E-state index in [0.717, 1.165) is 9.03 Å². The van der Waals surface area contributed by atoms with Crippen LogP contribution in [0.5, 0.6) is 0 Å². The van der Waals surface area contributed by atoms with Crippen LogP contribution in [-0.4, -0.2) is 4.98 Å². The van der Waals surface area contributed by atoms with Crippen LogP contribution in [0, 0.1) is 3.70 Å². The Balaban J connectivity index is 2.88. The molecule has 0 amide bonds. The first-order valence-electron chi connectivity index (χ1n) is 2.49. The molecule has 0 saturated heterocycles. The maximum absolute atomic E-state index is 4.11. The van der Waals surface area contributed by atoms with E-state index in [1.807, 2.05) is 12.3 Å². The summed E-state index contributed by atoms with van der Waals surface area (Å²) in [6.07, 6.45) is 1.87. The molecule has 1 heterocycles. The fraction of sp³-hybridized carbons (Fsp3) is 0.167. The lowest BCUT2D eigenvalue weighted by atomic mass is 10.3. The van der Waals surface area contributed by atoms with E-state index in [0.29, 0.717) is 0 Å². The Bertz CT molecular complexity index is 185. The fourth-order valence-corrected chi connectivity index (χ4v) is 1.14. The largest absolute Gasteiger partial charge is 0.250 e. The molecule has 0 radical (unpaired) electrons. The minimum atomic E-state index is 0.886. The predicted octanol–water partition coefficient (Wildman–Crippen LogP) is 2.58. The highest BCUT2D eigenvalue weighted by molar-refractivity contribution is 14.1. The maximum Gasteiger partial charge on any atom is 0.101 e. The molecule has 0 N–H and O–H groups in total. The van der Waals surface area contributed by atoms with E-state index in [4.69, 9.17) is 0 Å². The topological polar surface area (TPSA) is 12.9 Å². The molecule has 48 valence electrons. The third-order valence-electron chi connectivity index (χ3n) is 0.943. The Kier molecular flexibility index (Phi) is 2.91. The molecule has 0 spiro atoms. The summed E-state index contributed by atoms with van der Waals surface area (Å²) in [5, 5.41) is 0.886. The van der Waals surface area contributed by atoms with Crippen LogP contribution in [0.2, 0.25) is 0 Å². The van der Waals surface area contributed by atoms with E-state index in [-0.39, 0.29) is 0 Å². The molecule has 1 nitrogen and oxygen atoms in total. The van der Waals surface area contributed by atoms with Crippen LogP contribution in [0.4, 0.5) is 0 Å². The van der Waals surface area contributed by atoms with Gasteiger partial charge < -0.3 is 0 Å². The SMILES string of the molecule is BrCc1ccc(I)nc1. The second kappa shape index (κ2) is 3.51. The number of hydrogen-bond donors (Lipinski definition) is 0. The van der Waals surface area contributed by atoms with Crippen molar-refractivity contribution in [2.24, 2.45) is 0 Å². The van der Waals surface area contributed by atoms with Gasteiger partial charge in [0.25, 0.3) is 0 Å². The zero-order valence-corrected chi connectivity index (χ0v) is 8.39. The van der Waals surface area contributed by atoms with Crippen LogP contribution in [0.25, 0.3) is 0 Å². The number of aromatic nitrogens is 1. The monoisotopic (exact) mass is 297 g/mol. The second-order valence-electron chi connectivity index (χ2n) is 1.62. The van der Waals surface area contributed by atoms with Crippen molar-refractivity contribution in [2.45, 2.75) is 5.33 Å². The molecule has 0 bridgehead atoms. The normalized spacial score (nSPS) is 9.56. The maximum atomic E-state index is 4.11. The molecular weight excluding hydrogens is 293 g/mol. The van der Waals surface area contributed by atoms with Crippen LogP contribution in [0.15, 0.2) is 18.3 Å². The van der Waals surface area contributed by atoms with Crippen LogP contribution in [0.3, 0.4) is 0 Å². The van der Waals surface area contributed by atoms with Crippen molar-refractivity contribution in [3.63, 3.8) is 0 Å². The lowest BCUT2D eigenvalue weighted by molar-refractivity contribution is 1.22. The molecule has 0 unspecified atom stereocenters. The van der Waals surface area contributed by atoms with Gasteiger partial charge in [-0.1, -0.05) is 22.0 Å². The van der Waals surface area contributed by atoms with Crippen LogP contribution in [0.1, 0.15) is 5.56 Å². The molecule has 0 fully saturated rings. The molecule has 0 aliphatic carbocycles. The van der Waals surface area contributed by atoms with E-state index in [2.05, 4.69) is 49.6 Å². The highest BCUT2D eigenvalue weighted by Crippen LogP contribution is 2.05. The van der Waals surface area contributed by atoms with Crippen molar-refractivity contribution < 1.29 is 0 Å². The predicted molar refractivity (Wildman–Crippen MR) is 49.6 cm³/mol. The van der Waals surface area contributed by atoms with E-state index in [1.54, 1.807) is 0 Å². The van der Waals surface area contributed by atoms with Gasteiger partial charge in [-0.2, -0.15) is 0 Å². The standard InChI is InChI=1S/C6H5BrIN/c7-3-5-1-2-6(8)9-4-5/h1-2,4H,3H2. The zero-order chi connectivity index (χ0) is 6.69. The lowest BCUT2D eigenvalue weighted by Gasteiger charge is -1.91. The number of hydrogen-bond acceptors (Lipinski definition) is 1. The third kappa shape index (κ3) is 2.21. The number of rotatable bonds is 1. The Morgan fingerprint density at radius 2 is 2.33 bits per heavy atom. The summed E-state index contributed by atoms with van der Waals surface area (Å²) < 4.78 is 1.04. The molecule has 1 aromatic heterocycles. The molecule has 1 aromatic rings. The van der Waals surface area contributed by atoms with Crippen molar-refractivity contribution in [2.75, 3.05) is 0 Å². The highest BCUT2D eigenvalue weighted by atomic mass is 127. The summed E-state index contributed by atoms with van der Waals surface area (Å²) in [6.45, 7) is 0. The minimum absolute atomic E-state index is 0.886. The van der Waals surface area contributed by atoms with Gasteiger partial charge in [-0.05, 0) is 34.2 Å². The number of halogens is 2. The van der Waals surface area contributed by atoms with Gasteiger partial charge in [0.1, 0.15) is 3.70 Å². The number of pyridine rings is 1. The Morgan fingerprint density at radius 1 is 1.56 bits per heavy atom. The summed E-state index contributed by atoms with van der Waals surface area (Å²) in [6, 6.07) is 4.06. The summed E-state index contributed by atoms with van der Waals surface area (Å²) in [7, 11) is 0. The van der Waals surface area contributed by atoms with Crippen molar-refractivity contribution in [3.05, 3.63) is 27.6 Å². The van der Waals surface area contributed by atoms with Gasteiger partial charge in [-0.3, -0.25) is 4.98 Å². The molecule has 0 aliphatic rings. The minimum Gasteiger partial charge on any atom is -0.250 e. The number of alkyl halides is 1. The first kappa shape index (κ1) is 7.47. The molecule has 0 aliphatic heterocycles. The van der Waals surface area contributed by atoms with E-state index in [9.17, 15) is 0 Å². The average molecular weight is 298 g/mol. The van der Waals surface area contributed by atoms with E-state index < -0.39 is 0 Å². The van der Waals surface area contributed by atoms with Crippen LogP contribution in [-0.2, 0) is 5.33 Å². The van der Waals surface area contributed by atoms with Gasteiger partial charge in [0.15, 0.2) is 0 Å². The summed E-state index contributed by atoms with van der Waals surface area (Å²) in [4.78, 5) is 4.11. The average Bonchev–Trinajstić information content (AvgIpc) is 1.90. The Morgan fingerprint density at radius 3 is 2.78 bits per heavy atom. The quantitative estimate of drug-likeness (QED) is 0.441. The van der Waals surface area contributed by atoms with Gasteiger partial charge in [0.05, 0.1) is 0 Å². The van der Waals surface area contributed by atoms with Gasteiger partial charge in [0.2, 0.25) is 0 Å². The number of nitrogens with zero attached hydrogens (tertiary/aromatic N) is 1. The molecule has 9 heavy (non-hydrogen) atoms. The second-order valence-corrected chi connectivity index (χ2v) is 3.29. The molecule has 3 heteroatoms. The summed E-state index contributed by atoms with van der Waals surface area (Å²) >= 11 is 5.53. The zero-order valence-electron chi connectivity index (χ0n) is 4.64. The van der Waals surface area contributed by atoms with Crippen LogP contribution >= 0.6 is 38.5 Å². The summed E-state index contributed by atoms with van der Waals surface area (Å²) in [5.74, 6) is 0. The molecule has 0 aromatic carbocycles. The lowest BCUT2D eigenvalue weighted by Crippen LogP contribution is -1.81. The smallest absolute Gasteiger partial charge is 0.101 e. The van der Waals surface area contributed by atoms with Crippen LogP contribution < -0.4 is 0 Å². The first-order chi connectivity index (χ1) is 4.33. The Hall–Kier alpha value is 0.360. The molecule has 0 saturated carbocycles. The first-order valence-corrected chi connectivity index (χ1v) is 4.69. The molecule has 1 rings (SSSR count). The molecular formula is C6H5BrIN. The highest BCUT2D eigenvalue weighted by Gasteiger charge is 1.88.